The summed E-state index contributed by atoms with van der Waals surface area (Å²) in [7, 11) is -4.19. The van der Waals surface area contributed by atoms with E-state index in [4.69, 9.17) is 0 Å². The number of nitrogens with zero attached hydrogens (tertiary/aromatic N) is 1. The second-order valence-corrected chi connectivity index (χ2v) is 5.24. The Bertz CT molecular complexity index is 451. The topological polar surface area (TPSA) is 57.6 Å². The number of anilines is 1. The highest BCUT2D eigenvalue weighted by Gasteiger charge is 2.18. The molecule has 0 amide bonds. The molecule has 0 atom stereocenters. The second kappa shape index (κ2) is 6.02. The molecule has 1 aromatic carbocycles. The summed E-state index contributed by atoms with van der Waals surface area (Å²) >= 11 is 0. The van der Waals surface area contributed by atoms with E-state index in [2.05, 4.69) is 6.07 Å². The van der Waals surface area contributed by atoms with Gasteiger partial charge in [-0.3, -0.25) is 4.55 Å². The zero-order valence-corrected chi connectivity index (χ0v) is 11.0. The van der Waals surface area contributed by atoms with Gasteiger partial charge >= 0.3 is 0 Å². The van der Waals surface area contributed by atoms with E-state index in [1.54, 1.807) is 12.1 Å². The molecule has 4 nitrogen and oxygen atoms in total. The van der Waals surface area contributed by atoms with Gasteiger partial charge in [-0.1, -0.05) is 26.0 Å². The van der Waals surface area contributed by atoms with Crippen molar-refractivity contribution in [1.29, 1.82) is 0 Å². The molecule has 0 fully saturated rings. The molecule has 0 heterocycles. The normalized spacial score (nSPS) is 11.5. The molecule has 0 aliphatic heterocycles. The molecular weight excluding hydrogens is 238 g/mol. The van der Waals surface area contributed by atoms with Crippen LogP contribution < -0.4 is 4.90 Å². The van der Waals surface area contributed by atoms with Crippen LogP contribution in [0.3, 0.4) is 0 Å². The van der Waals surface area contributed by atoms with Crippen LogP contribution in [0.2, 0.25) is 0 Å². The first-order chi connectivity index (χ1) is 8.00. The second-order valence-electron chi connectivity index (χ2n) is 3.85. The molecule has 0 spiro atoms. The van der Waals surface area contributed by atoms with Crippen molar-refractivity contribution in [2.24, 2.45) is 0 Å². The van der Waals surface area contributed by atoms with E-state index in [-0.39, 0.29) is 4.90 Å². The quantitative estimate of drug-likeness (QED) is 0.794. The molecule has 0 unspecified atom stereocenters. The summed E-state index contributed by atoms with van der Waals surface area (Å²) in [5, 5.41) is 0. The Hall–Kier alpha value is -1.07. The number of hydrogen-bond donors (Lipinski definition) is 1. The molecule has 0 saturated heterocycles. The van der Waals surface area contributed by atoms with E-state index in [0.717, 1.165) is 25.9 Å². The molecule has 1 radical (unpaired) electrons. The Kier molecular flexibility index (Phi) is 4.96. The maximum absolute atomic E-state index is 11.3. The third-order valence-corrected chi connectivity index (χ3v) is 3.26. The molecule has 95 valence electrons. The van der Waals surface area contributed by atoms with Gasteiger partial charge in [-0.25, -0.2) is 0 Å². The third kappa shape index (κ3) is 3.71. The fourth-order valence-electron chi connectivity index (χ4n) is 1.74. The van der Waals surface area contributed by atoms with Gasteiger partial charge in [-0.15, -0.1) is 0 Å². The van der Waals surface area contributed by atoms with Gasteiger partial charge in [0.1, 0.15) is 4.90 Å². The van der Waals surface area contributed by atoms with Gasteiger partial charge in [-0.05, 0) is 18.9 Å². The highest BCUT2D eigenvalue weighted by Crippen LogP contribution is 2.24. The van der Waals surface area contributed by atoms with E-state index in [1.165, 1.54) is 6.07 Å². The first-order valence-electron chi connectivity index (χ1n) is 5.73. The zero-order chi connectivity index (χ0) is 12.9. The Morgan fingerprint density at radius 1 is 1.29 bits per heavy atom. The van der Waals surface area contributed by atoms with Gasteiger partial charge < -0.3 is 4.90 Å². The van der Waals surface area contributed by atoms with Crippen molar-refractivity contribution in [2.45, 2.75) is 31.6 Å². The maximum Gasteiger partial charge on any atom is 0.296 e. The van der Waals surface area contributed by atoms with Gasteiger partial charge in [0, 0.05) is 19.2 Å². The molecule has 0 bridgehead atoms. The summed E-state index contributed by atoms with van der Waals surface area (Å²) in [6.07, 6.45) is 1.82. The predicted molar refractivity (Wildman–Crippen MR) is 67.9 cm³/mol. The maximum atomic E-state index is 11.3. The van der Waals surface area contributed by atoms with E-state index in [1.807, 2.05) is 18.7 Å². The minimum Gasteiger partial charge on any atom is -0.370 e. The van der Waals surface area contributed by atoms with Crippen molar-refractivity contribution in [2.75, 3.05) is 18.0 Å². The van der Waals surface area contributed by atoms with Gasteiger partial charge in [0.15, 0.2) is 0 Å². The summed E-state index contributed by atoms with van der Waals surface area (Å²) in [6, 6.07) is 7.52. The lowest BCUT2D eigenvalue weighted by molar-refractivity contribution is 0.483. The molecule has 0 aromatic heterocycles. The fraction of sp³-hybridized carbons (Fsp3) is 0.500. The van der Waals surface area contributed by atoms with E-state index >= 15 is 0 Å². The summed E-state index contributed by atoms with van der Waals surface area (Å²) in [6.45, 7) is 5.55. The lowest BCUT2D eigenvalue weighted by Gasteiger charge is -2.25. The fourth-order valence-corrected chi connectivity index (χ4v) is 2.43. The van der Waals surface area contributed by atoms with Crippen molar-refractivity contribution in [3.8, 4) is 0 Å². The van der Waals surface area contributed by atoms with Crippen molar-refractivity contribution in [1.82, 2.24) is 0 Å². The minimum atomic E-state index is -4.19. The number of benzene rings is 1. The Morgan fingerprint density at radius 3 is 2.35 bits per heavy atom. The van der Waals surface area contributed by atoms with Crippen LogP contribution in [0.5, 0.6) is 0 Å². The van der Waals surface area contributed by atoms with E-state index in [9.17, 15) is 13.0 Å². The monoisotopic (exact) mass is 256 g/mol. The smallest absolute Gasteiger partial charge is 0.296 e. The van der Waals surface area contributed by atoms with Crippen LogP contribution in [0.15, 0.2) is 23.1 Å². The molecule has 1 aromatic rings. The Balaban J connectivity index is 3.18. The summed E-state index contributed by atoms with van der Waals surface area (Å²) in [5.41, 5.74) is 0.457. The van der Waals surface area contributed by atoms with E-state index in [0.29, 0.717) is 5.69 Å². The predicted octanol–water partition coefficient (Wildman–Crippen LogP) is 2.36. The lowest BCUT2D eigenvalue weighted by atomic mass is 10.2. The summed E-state index contributed by atoms with van der Waals surface area (Å²) < 4.78 is 31.7. The van der Waals surface area contributed by atoms with Gasteiger partial charge in [-0.2, -0.15) is 8.42 Å². The first kappa shape index (κ1) is 14.0. The average molecular weight is 256 g/mol. The highest BCUT2D eigenvalue weighted by atomic mass is 32.2. The summed E-state index contributed by atoms with van der Waals surface area (Å²) in [4.78, 5) is 1.87. The van der Waals surface area contributed by atoms with Crippen LogP contribution in [0.4, 0.5) is 5.69 Å². The molecular formula is C12H18NO3S. The van der Waals surface area contributed by atoms with Crippen molar-refractivity contribution >= 4 is 15.8 Å². The Labute approximate surface area is 103 Å². The lowest BCUT2D eigenvalue weighted by Crippen LogP contribution is -2.26. The molecule has 0 aliphatic rings. The van der Waals surface area contributed by atoms with Crippen LogP contribution >= 0.6 is 0 Å². The molecule has 1 rings (SSSR count). The highest BCUT2D eigenvalue weighted by molar-refractivity contribution is 7.86. The van der Waals surface area contributed by atoms with E-state index < -0.39 is 10.1 Å². The average Bonchev–Trinajstić information content (AvgIpc) is 2.28. The van der Waals surface area contributed by atoms with Gasteiger partial charge in [0.25, 0.3) is 10.1 Å². The van der Waals surface area contributed by atoms with Crippen LogP contribution in [-0.4, -0.2) is 26.1 Å². The number of rotatable bonds is 6. The Morgan fingerprint density at radius 2 is 1.88 bits per heavy atom. The molecule has 0 aliphatic carbocycles. The third-order valence-electron chi connectivity index (χ3n) is 2.38. The zero-order valence-electron chi connectivity index (χ0n) is 10.2. The van der Waals surface area contributed by atoms with Gasteiger partial charge in [0.2, 0.25) is 0 Å². The SMILES string of the molecule is CCCN(CCC)c1[c]cccc1S(=O)(=O)O. The summed E-state index contributed by atoms with van der Waals surface area (Å²) in [5.74, 6) is 0. The molecule has 0 saturated carbocycles. The number of hydrogen-bond acceptors (Lipinski definition) is 3. The molecule has 5 heteroatoms. The minimum absolute atomic E-state index is 0.0677. The first-order valence-corrected chi connectivity index (χ1v) is 7.17. The standard InChI is InChI=1S/C12H18NO3S/c1-3-9-13(10-4-2)11-7-5-6-8-12(11)17(14,15)16/h5-6,8H,3-4,9-10H2,1-2H3,(H,14,15,16). The van der Waals surface area contributed by atoms with Gasteiger partial charge in [0.05, 0.1) is 5.69 Å². The molecule has 17 heavy (non-hydrogen) atoms. The largest absolute Gasteiger partial charge is 0.370 e. The van der Waals surface area contributed by atoms with Crippen LogP contribution in [0.1, 0.15) is 26.7 Å². The van der Waals surface area contributed by atoms with Crippen molar-refractivity contribution in [3.63, 3.8) is 0 Å². The van der Waals surface area contributed by atoms with Crippen molar-refractivity contribution in [3.05, 3.63) is 24.3 Å². The van der Waals surface area contributed by atoms with Crippen LogP contribution in [0, 0.1) is 6.07 Å². The van der Waals surface area contributed by atoms with Crippen LogP contribution in [0.25, 0.3) is 0 Å². The number of para-hydroxylation sites is 1. The van der Waals surface area contributed by atoms with Crippen molar-refractivity contribution < 1.29 is 13.0 Å². The molecule has 1 N–H and O–H groups in total. The van der Waals surface area contributed by atoms with Crippen LogP contribution in [-0.2, 0) is 10.1 Å².